The molecular weight excluding hydrogens is 216 g/mol. The minimum absolute atomic E-state index is 0.0809. The van der Waals surface area contributed by atoms with E-state index in [0.717, 1.165) is 24.2 Å². The predicted molar refractivity (Wildman–Crippen MR) is 61.3 cm³/mol. The van der Waals surface area contributed by atoms with Crippen LogP contribution in [0.1, 0.15) is 39.0 Å². The van der Waals surface area contributed by atoms with Crippen LogP contribution in [0.2, 0.25) is 0 Å². The fourth-order valence-corrected chi connectivity index (χ4v) is 5.22. The Hall–Kier alpha value is -0.570. The Bertz CT molecular complexity index is 366. The number of epoxide rings is 1. The molecule has 3 saturated carbocycles. The molecule has 3 heteroatoms. The van der Waals surface area contributed by atoms with Gasteiger partial charge in [0.15, 0.2) is 6.10 Å². The number of ether oxygens (including phenoxy) is 2. The van der Waals surface area contributed by atoms with E-state index in [-0.39, 0.29) is 17.7 Å². The molecule has 0 aromatic carbocycles. The average Bonchev–Trinajstić information content (AvgIpc) is 2.69. The van der Waals surface area contributed by atoms with Gasteiger partial charge < -0.3 is 9.47 Å². The highest BCUT2D eigenvalue weighted by Gasteiger charge is 2.74. The van der Waals surface area contributed by atoms with Crippen molar-refractivity contribution in [3.8, 4) is 0 Å². The monoisotopic (exact) mass is 236 g/mol. The molecule has 4 rings (SSSR count). The van der Waals surface area contributed by atoms with Gasteiger partial charge in [-0.05, 0) is 56.3 Å². The maximum Gasteiger partial charge on any atom is 0.338 e. The van der Waals surface area contributed by atoms with E-state index in [9.17, 15) is 4.79 Å². The van der Waals surface area contributed by atoms with Crippen LogP contribution in [0.5, 0.6) is 0 Å². The van der Waals surface area contributed by atoms with E-state index in [1.54, 1.807) is 0 Å². The molecule has 1 spiro atoms. The second-order valence-electron chi connectivity index (χ2n) is 6.27. The van der Waals surface area contributed by atoms with Crippen LogP contribution in [0.15, 0.2) is 0 Å². The molecule has 4 fully saturated rings. The number of esters is 1. The van der Waals surface area contributed by atoms with Crippen molar-refractivity contribution in [1.82, 2.24) is 0 Å². The van der Waals surface area contributed by atoms with Gasteiger partial charge in [0.25, 0.3) is 0 Å². The summed E-state index contributed by atoms with van der Waals surface area (Å²) in [4.78, 5) is 11.8. The fraction of sp³-hybridized carbons (Fsp3) is 0.929. The highest BCUT2D eigenvalue weighted by atomic mass is 16.7. The molecule has 0 amide bonds. The summed E-state index contributed by atoms with van der Waals surface area (Å²) in [6.07, 6.45) is 6.40. The molecule has 2 bridgehead atoms. The highest BCUT2D eigenvalue weighted by Crippen LogP contribution is 2.69. The Balaban J connectivity index is 1.54. The molecule has 4 aliphatic rings. The van der Waals surface area contributed by atoms with E-state index in [1.807, 2.05) is 6.92 Å². The van der Waals surface area contributed by atoms with Crippen molar-refractivity contribution in [2.75, 3.05) is 6.61 Å². The van der Waals surface area contributed by atoms with Gasteiger partial charge in [-0.15, -0.1) is 0 Å². The summed E-state index contributed by atoms with van der Waals surface area (Å²) in [5.41, 5.74) is -0.0809. The number of carbonyl (C=O) groups is 1. The minimum Gasteiger partial charge on any atom is -0.464 e. The lowest BCUT2D eigenvalue weighted by Gasteiger charge is -2.29. The molecule has 0 aromatic heterocycles. The number of hydrogen-bond acceptors (Lipinski definition) is 3. The van der Waals surface area contributed by atoms with Gasteiger partial charge in [0, 0.05) is 0 Å². The first-order chi connectivity index (χ1) is 8.26. The van der Waals surface area contributed by atoms with Gasteiger partial charge in [-0.3, -0.25) is 0 Å². The second kappa shape index (κ2) is 3.25. The quantitative estimate of drug-likeness (QED) is 0.544. The summed E-state index contributed by atoms with van der Waals surface area (Å²) in [6, 6.07) is 0. The first-order valence-corrected chi connectivity index (χ1v) is 7.10. The van der Waals surface area contributed by atoms with Gasteiger partial charge in [0.1, 0.15) is 5.60 Å². The molecule has 3 aliphatic carbocycles. The van der Waals surface area contributed by atoms with Gasteiger partial charge in [0.05, 0.1) is 6.61 Å². The van der Waals surface area contributed by atoms with Crippen LogP contribution in [0, 0.1) is 23.7 Å². The van der Waals surface area contributed by atoms with E-state index >= 15 is 0 Å². The lowest BCUT2D eigenvalue weighted by molar-refractivity contribution is -0.144. The van der Waals surface area contributed by atoms with Crippen LogP contribution in [0.3, 0.4) is 0 Å². The van der Waals surface area contributed by atoms with Crippen LogP contribution in [0.4, 0.5) is 0 Å². The smallest absolute Gasteiger partial charge is 0.338 e. The van der Waals surface area contributed by atoms with E-state index in [2.05, 4.69) is 0 Å². The minimum atomic E-state index is -0.223. The van der Waals surface area contributed by atoms with E-state index in [1.165, 1.54) is 25.7 Å². The van der Waals surface area contributed by atoms with Gasteiger partial charge in [-0.1, -0.05) is 6.42 Å². The van der Waals surface area contributed by atoms with Crippen molar-refractivity contribution >= 4 is 5.97 Å². The molecule has 17 heavy (non-hydrogen) atoms. The summed E-state index contributed by atoms with van der Waals surface area (Å²) in [6.45, 7) is 2.33. The van der Waals surface area contributed by atoms with Gasteiger partial charge in [-0.2, -0.15) is 0 Å². The molecule has 1 saturated heterocycles. The first kappa shape index (κ1) is 10.4. The molecule has 0 radical (unpaired) electrons. The third-order valence-electron chi connectivity index (χ3n) is 5.74. The Morgan fingerprint density at radius 3 is 3.06 bits per heavy atom. The fourth-order valence-electron chi connectivity index (χ4n) is 5.22. The van der Waals surface area contributed by atoms with Crippen molar-refractivity contribution in [2.24, 2.45) is 23.7 Å². The van der Waals surface area contributed by atoms with Crippen molar-refractivity contribution in [3.05, 3.63) is 0 Å². The van der Waals surface area contributed by atoms with Crippen molar-refractivity contribution < 1.29 is 14.3 Å². The number of fused-ring (bicyclic) bond motifs is 6. The van der Waals surface area contributed by atoms with Crippen LogP contribution in [-0.2, 0) is 14.3 Å². The zero-order chi connectivity index (χ0) is 11.6. The third-order valence-corrected chi connectivity index (χ3v) is 5.74. The van der Waals surface area contributed by atoms with Crippen LogP contribution in [0.25, 0.3) is 0 Å². The number of hydrogen-bond donors (Lipinski definition) is 0. The Morgan fingerprint density at radius 2 is 2.24 bits per heavy atom. The largest absolute Gasteiger partial charge is 0.464 e. The maximum absolute atomic E-state index is 11.8. The lowest BCUT2D eigenvalue weighted by atomic mass is 9.74. The normalized spacial score (nSPS) is 54.1. The number of carbonyl (C=O) groups excluding carboxylic acids is 1. The summed E-state index contributed by atoms with van der Waals surface area (Å²) in [7, 11) is 0. The van der Waals surface area contributed by atoms with E-state index < -0.39 is 0 Å². The Labute approximate surface area is 102 Å². The molecule has 6 atom stereocenters. The zero-order valence-corrected chi connectivity index (χ0v) is 10.4. The third kappa shape index (κ3) is 1.19. The average molecular weight is 236 g/mol. The van der Waals surface area contributed by atoms with Crippen LogP contribution >= 0.6 is 0 Å². The van der Waals surface area contributed by atoms with Gasteiger partial charge >= 0.3 is 5.97 Å². The Kier molecular flexibility index (Phi) is 1.98. The molecule has 1 heterocycles. The van der Waals surface area contributed by atoms with Gasteiger partial charge in [-0.25, -0.2) is 4.79 Å². The topological polar surface area (TPSA) is 38.8 Å². The molecule has 94 valence electrons. The molecule has 0 N–H and O–H groups in total. The SMILES string of the molecule is CCOC(=O)[C@H]1O[C@@]12C[C@@H]1C[C@@H]2[C@H]2CCC[C@H]12. The Morgan fingerprint density at radius 1 is 1.41 bits per heavy atom. The summed E-state index contributed by atoms with van der Waals surface area (Å²) < 4.78 is 11.0. The van der Waals surface area contributed by atoms with Gasteiger partial charge in [0.2, 0.25) is 0 Å². The second-order valence-corrected chi connectivity index (χ2v) is 6.27. The summed E-state index contributed by atoms with van der Waals surface area (Å²) in [5.74, 6) is 3.20. The first-order valence-electron chi connectivity index (χ1n) is 7.10. The molecule has 1 aliphatic heterocycles. The van der Waals surface area contributed by atoms with Crippen LogP contribution < -0.4 is 0 Å². The molecule has 0 aromatic rings. The van der Waals surface area contributed by atoms with E-state index in [4.69, 9.17) is 9.47 Å². The molecule has 3 nitrogen and oxygen atoms in total. The standard InChI is InChI=1S/C14H20O3/c1-2-16-13(15)12-14(17-12)7-8-6-11(14)10-5-3-4-9(8)10/h8-12H,2-7H2,1H3/t8-,9+,10-,11+,12+,14+/m0/s1. The van der Waals surface area contributed by atoms with Crippen LogP contribution in [-0.4, -0.2) is 24.3 Å². The number of rotatable bonds is 2. The highest BCUT2D eigenvalue weighted by molar-refractivity contribution is 5.79. The molecular formula is C14H20O3. The van der Waals surface area contributed by atoms with Crippen molar-refractivity contribution in [1.29, 1.82) is 0 Å². The predicted octanol–water partition coefficient (Wildman–Crippen LogP) is 2.14. The van der Waals surface area contributed by atoms with Crippen molar-refractivity contribution in [3.63, 3.8) is 0 Å². The zero-order valence-electron chi connectivity index (χ0n) is 10.4. The molecule has 0 unspecified atom stereocenters. The maximum atomic E-state index is 11.8. The van der Waals surface area contributed by atoms with Crippen molar-refractivity contribution in [2.45, 2.75) is 50.7 Å². The summed E-state index contributed by atoms with van der Waals surface area (Å²) in [5, 5.41) is 0. The summed E-state index contributed by atoms with van der Waals surface area (Å²) >= 11 is 0. The lowest BCUT2D eigenvalue weighted by Crippen LogP contribution is -2.35. The van der Waals surface area contributed by atoms with E-state index in [0.29, 0.717) is 12.5 Å².